The molecule has 1 aliphatic heterocycles. The van der Waals surface area contributed by atoms with Crippen molar-refractivity contribution in [2.75, 3.05) is 13.1 Å². The van der Waals surface area contributed by atoms with E-state index in [0.29, 0.717) is 0 Å². The number of nitrogens with zero attached hydrogens (tertiary/aromatic N) is 1. The molecule has 0 spiro atoms. The second kappa shape index (κ2) is 4.23. The fourth-order valence-corrected chi connectivity index (χ4v) is 2.28. The fourth-order valence-electron chi connectivity index (χ4n) is 1.95. The maximum atomic E-state index is 5.99. The topological polar surface area (TPSA) is 24.4 Å². The molecule has 2 rings (SSSR count). The van der Waals surface area contributed by atoms with Gasteiger partial charge in [-0.2, -0.15) is 0 Å². The first-order valence-electron chi connectivity index (χ1n) is 5.19. The number of rotatable bonds is 2. The lowest BCUT2D eigenvalue weighted by Gasteiger charge is -2.10. The SMILES string of the molecule is Cc1cc(Cl)cc(C)c1CC1=NCCN1. The number of amidine groups is 1. The summed E-state index contributed by atoms with van der Waals surface area (Å²) in [6.07, 6.45) is 0.898. The van der Waals surface area contributed by atoms with E-state index in [1.165, 1.54) is 16.7 Å². The van der Waals surface area contributed by atoms with Crippen molar-refractivity contribution < 1.29 is 0 Å². The van der Waals surface area contributed by atoms with E-state index >= 15 is 0 Å². The maximum Gasteiger partial charge on any atom is 0.101 e. The van der Waals surface area contributed by atoms with Gasteiger partial charge in [0.05, 0.1) is 6.54 Å². The molecule has 0 aliphatic carbocycles. The molecule has 80 valence electrons. The van der Waals surface area contributed by atoms with Crippen LogP contribution in [0.15, 0.2) is 17.1 Å². The molecule has 0 radical (unpaired) electrons. The first kappa shape index (κ1) is 10.5. The van der Waals surface area contributed by atoms with Gasteiger partial charge >= 0.3 is 0 Å². The van der Waals surface area contributed by atoms with Crippen LogP contribution in [0.25, 0.3) is 0 Å². The van der Waals surface area contributed by atoms with Gasteiger partial charge in [-0.3, -0.25) is 4.99 Å². The van der Waals surface area contributed by atoms with E-state index in [1.54, 1.807) is 0 Å². The third-order valence-electron chi connectivity index (χ3n) is 2.75. The summed E-state index contributed by atoms with van der Waals surface area (Å²) in [4.78, 5) is 4.41. The molecule has 3 heteroatoms. The van der Waals surface area contributed by atoms with Gasteiger partial charge in [0, 0.05) is 18.0 Å². The lowest BCUT2D eigenvalue weighted by Crippen LogP contribution is -2.21. The van der Waals surface area contributed by atoms with Gasteiger partial charge in [0.1, 0.15) is 5.84 Å². The summed E-state index contributed by atoms with van der Waals surface area (Å²) in [5.41, 5.74) is 3.83. The molecule has 1 N–H and O–H groups in total. The minimum Gasteiger partial charge on any atom is -0.372 e. The van der Waals surface area contributed by atoms with Gasteiger partial charge in [-0.1, -0.05) is 11.6 Å². The van der Waals surface area contributed by atoms with Crippen molar-refractivity contribution in [1.82, 2.24) is 5.32 Å². The van der Waals surface area contributed by atoms with Crippen molar-refractivity contribution in [2.45, 2.75) is 20.3 Å². The molecular formula is C12H15ClN2. The van der Waals surface area contributed by atoms with Gasteiger partial charge in [0.25, 0.3) is 0 Å². The quantitative estimate of drug-likeness (QED) is 0.817. The molecule has 1 aromatic rings. The molecule has 0 aromatic heterocycles. The summed E-state index contributed by atoms with van der Waals surface area (Å²) in [6.45, 7) is 6.08. The van der Waals surface area contributed by atoms with Crippen LogP contribution in [0.5, 0.6) is 0 Å². The summed E-state index contributed by atoms with van der Waals surface area (Å²) >= 11 is 5.99. The molecule has 0 atom stereocenters. The van der Waals surface area contributed by atoms with Gasteiger partial charge in [-0.25, -0.2) is 0 Å². The van der Waals surface area contributed by atoms with Gasteiger partial charge < -0.3 is 5.32 Å². The van der Waals surface area contributed by atoms with Crippen molar-refractivity contribution >= 4 is 17.4 Å². The van der Waals surface area contributed by atoms with Crippen molar-refractivity contribution in [3.8, 4) is 0 Å². The predicted molar refractivity (Wildman–Crippen MR) is 64.9 cm³/mol. The van der Waals surface area contributed by atoms with E-state index in [0.717, 1.165) is 30.4 Å². The average Bonchev–Trinajstić information content (AvgIpc) is 2.63. The van der Waals surface area contributed by atoms with Crippen LogP contribution >= 0.6 is 11.6 Å². The normalized spacial score (nSPS) is 15.0. The average molecular weight is 223 g/mol. The summed E-state index contributed by atoms with van der Waals surface area (Å²) in [5, 5.41) is 4.11. The molecule has 1 heterocycles. The molecule has 0 saturated heterocycles. The highest BCUT2D eigenvalue weighted by Crippen LogP contribution is 2.20. The molecule has 0 bridgehead atoms. The molecule has 0 amide bonds. The molecule has 1 aliphatic rings. The number of halogens is 1. The Balaban J connectivity index is 2.27. The molecule has 0 unspecified atom stereocenters. The summed E-state index contributed by atoms with van der Waals surface area (Å²) in [5.74, 6) is 1.10. The Kier molecular flexibility index (Phi) is 2.96. The number of benzene rings is 1. The Bertz CT molecular complexity index is 387. The van der Waals surface area contributed by atoms with Crippen molar-refractivity contribution in [1.29, 1.82) is 0 Å². The van der Waals surface area contributed by atoms with Crippen LogP contribution < -0.4 is 5.32 Å². The van der Waals surface area contributed by atoms with Crippen LogP contribution in [-0.2, 0) is 6.42 Å². The molecular weight excluding hydrogens is 208 g/mol. The highest BCUT2D eigenvalue weighted by Gasteiger charge is 2.10. The zero-order chi connectivity index (χ0) is 10.8. The van der Waals surface area contributed by atoms with Crippen LogP contribution in [0.1, 0.15) is 16.7 Å². The maximum absolute atomic E-state index is 5.99. The van der Waals surface area contributed by atoms with E-state index in [1.807, 2.05) is 12.1 Å². The first-order valence-corrected chi connectivity index (χ1v) is 5.57. The number of hydrogen-bond donors (Lipinski definition) is 1. The number of aryl methyl sites for hydroxylation is 2. The lowest BCUT2D eigenvalue weighted by atomic mass is 10.00. The highest BCUT2D eigenvalue weighted by atomic mass is 35.5. The predicted octanol–water partition coefficient (Wildman–Crippen LogP) is 2.50. The molecule has 0 saturated carbocycles. The summed E-state index contributed by atoms with van der Waals surface area (Å²) in [7, 11) is 0. The monoisotopic (exact) mass is 222 g/mol. The van der Waals surface area contributed by atoms with Gasteiger partial charge in [0.2, 0.25) is 0 Å². The second-order valence-electron chi connectivity index (χ2n) is 3.95. The van der Waals surface area contributed by atoms with E-state index in [4.69, 9.17) is 11.6 Å². The molecule has 2 nitrogen and oxygen atoms in total. The number of aliphatic imine (C=N–C) groups is 1. The Morgan fingerprint density at radius 2 is 2.00 bits per heavy atom. The zero-order valence-electron chi connectivity index (χ0n) is 9.10. The van der Waals surface area contributed by atoms with Crippen molar-refractivity contribution in [3.63, 3.8) is 0 Å². The zero-order valence-corrected chi connectivity index (χ0v) is 9.86. The third kappa shape index (κ3) is 2.32. The molecule has 0 fully saturated rings. The fraction of sp³-hybridized carbons (Fsp3) is 0.417. The van der Waals surface area contributed by atoms with E-state index < -0.39 is 0 Å². The van der Waals surface area contributed by atoms with E-state index in [-0.39, 0.29) is 0 Å². The Morgan fingerprint density at radius 1 is 1.33 bits per heavy atom. The third-order valence-corrected chi connectivity index (χ3v) is 2.97. The molecule has 1 aromatic carbocycles. The van der Waals surface area contributed by atoms with Crippen LogP contribution in [0, 0.1) is 13.8 Å². The van der Waals surface area contributed by atoms with E-state index in [9.17, 15) is 0 Å². The minimum absolute atomic E-state index is 0.815. The summed E-state index contributed by atoms with van der Waals surface area (Å²) < 4.78 is 0. The van der Waals surface area contributed by atoms with Crippen LogP contribution in [-0.4, -0.2) is 18.9 Å². The molecule has 15 heavy (non-hydrogen) atoms. The smallest absolute Gasteiger partial charge is 0.101 e. The van der Waals surface area contributed by atoms with Crippen molar-refractivity contribution in [2.24, 2.45) is 4.99 Å². The van der Waals surface area contributed by atoms with Crippen LogP contribution in [0.3, 0.4) is 0 Å². The Hall–Kier alpha value is -1.02. The van der Waals surface area contributed by atoms with Gasteiger partial charge in [0.15, 0.2) is 0 Å². The van der Waals surface area contributed by atoms with Crippen LogP contribution in [0.4, 0.5) is 0 Å². The highest BCUT2D eigenvalue weighted by molar-refractivity contribution is 6.30. The van der Waals surface area contributed by atoms with E-state index in [2.05, 4.69) is 24.2 Å². The number of hydrogen-bond acceptors (Lipinski definition) is 2. The number of nitrogens with one attached hydrogen (secondary N) is 1. The van der Waals surface area contributed by atoms with Crippen molar-refractivity contribution in [3.05, 3.63) is 33.8 Å². The Morgan fingerprint density at radius 3 is 2.53 bits per heavy atom. The second-order valence-corrected chi connectivity index (χ2v) is 4.39. The Labute approximate surface area is 95.4 Å². The minimum atomic E-state index is 0.815. The summed E-state index contributed by atoms with van der Waals surface area (Å²) in [6, 6.07) is 4.03. The first-order chi connectivity index (χ1) is 7.16. The standard InChI is InChI=1S/C12H15ClN2/c1-8-5-10(13)6-9(2)11(8)7-12-14-3-4-15-12/h5-6H,3-4,7H2,1-2H3,(H,14,15). The van der Waals surface area contributed by atoms with Gasteiger partial charge in [-0.05, 0) is 42.7 Å². The van der Waals surface area contributed by atoms with Gasteiger partial charge in [-0.15, -0.1) is 0 Å². The van der Waals surface area contributed by atoms with Crippen LogP contribution in [0.2, 0.25) is 5.02 Å². The lowest BCUT2D eigenvalue weighted by molar-refractivity contribution is 0.952. The largest absolute Gasteiger partial charge is 0.372 e.